The second-order valence-electron chi connectivity index (χ2n) is 6.24. The average Bonchev–Trinajstić information content (AvgIpc) is 2.79. The van der Waals surface area contributed by atoms with Crippen molar-refractivity contribution >= 4 is 12.6 Å². The molecular weight excluding hydrogens is 230 g/mol. The SMILES string of the molecule is CC(O)C1CCN(CC2(CS)CCCCC2)C1. The number of likely N-dealkylation sites (tertiary alicyclic amines) is 1. The molecule has 100 valence electrons. The molecule has 0 amide bonds. The highest BCUT2D eigenvalue weighted by Crippen LogP contribution is 2.39. The molecule has 2 aliphatic rings. The summed E-state index contributed by atoms with van der Waals surface area (Å²) in [5.41, 5.74) is 0.467. The first kappa shape index (κ1) is 13.7. The molecule has 3 heteroatoms. The molecule has 0 bridgehead atoms. The van der Waals surface area contributed by atoms with E-state index in [1.807, 2.05) is 6.92 Å². The topological polar surface area (TPSA) is 23.5 Å². The predicted octanol–water partition coefficient (Wildman–Crippen LogP) is 2.57. The molecule has 1 saturated heterocycles. The van der Waals surface area contributed by atoms with Crippen molar-refractivity contribution in [3.8, 4) is 0 Å². The number of hydrogen-bond acceptors (Lipinski definition) is 3. The van der Waals surface area contributed by atoms with E-state index in [0.717, 1.165) is 12.3 Å². The minimum Gasteiger partial charge on any atom is -0.393 e. The lowest BCUT2D eigenvalue weighted by atomic mass is 9.75. The first-order valence-corrected chi connectivity index (χ1v) is 7.80. The second-order valence-corrected chi connectivity index (χ2v) is 6.56. The number of aliphatic hydroxyl groups is 1. The van der Waals surface area contributed by atoms with E-state index in [1.165, 1.54) is 51.6 Å². The third-order valence-electron chi connectivity index (χ3n) is 4.80. The number of nitrogens with zero attached hydrogens (tertiary/aromatic N) is 1. The van der Waals surface area contributed by atoms with Crippen molar-refractivity contribution in [1.29, 1.82) is 0 Å². The van der Waals surface area contributed by atoms with Crippen LogP contribution in [0.15, 0.2) is 0 Å². The van der Waals surface area contributed by atoms with Gasteiger partial charge < -0.3 is 10.0 Å². The second kappa shape index (κ2) is 5.94. The Labute approximate surface area is 111 Å². The highest BCUT2D eigenvalue weighted by atomic mass is 32.1. The summed E-state index contributed by atoms with van der Waals surface area (Å²) < 4.78 is 0. The van der Waals surface area contributed by atoms with E-state index in [9.17, 15) is 5.11 Å². The van der Waals surface area contributed by atoms with Gasteiger partial charge in [0.15, 0.2) is 0 Å². The van der Waals surface area contributed by atoms with Gasteiger partial charge in [-0.05, 0) is 49.8 Å². The molecule has 2 atom stereocenters. The average molecular weight is 257 g/mol. The maximum atomic E-state index is 9.66. The van der Waals surface area contributed by atoms with Crippen LogP contribution in [0.25, 0.3) is 0 Å². The molecule has 2 unspecified atom stereocenters. The summed E-state index contributed by atoms with van der Waals surface area (Å²) in [6, 6.07) is 0. The maximum Gasteiger partial charge on any atom is 0.0552 e. The van der Waals surface area contributed by atoms with E-state index in [0.29, 0.717) is 11.3 Å². The van der Waals surface area contributed by atoms with Crippen molar-refractivity contribution in [2.45, 2.75) is 51.6 Å². The van der Waals surface area contributed by atoms with Gasteiger partial charge in [0.2, 0.25) is 0 Å². The zero-order valence-corrected chi connectivity index (χ0v) is 12.0. The molecule has 0 aromatic heterocycles. The fourth-order valence-electron chi connectivity index (χ4n) is 3.54. The largest absolute Gasteiger partial charge is 0.393 e. The Bertz CT molecular complexity index is 238. The quantitative estimate of drug-likeness (QED) is 0.756. The van der Waals surface area contributed by atoms with Crippen LogP contribution >= 0.6 is 12.6 Å². The van der Waals surface area contributed by atoms with Crippen LogP contribution in [0.2, 0.25) is 0 Å². The Morgan fingerprint density at radius 2 is 2.06 bits per heavy atom. The van der Waals surface area contributed by atoms with Crippen molar-refractivity contribution in [3.05, 3.63) is 0 Å². The first-order valence-electron chi connectivity index (χ1n) is 7.16. The van der Waals surface area contributed by atoms with Gasteiger partial charge in [-0.3, -0.25) is 0 Å². The van der Waals surface area contributed by atoms with Crippen molar-refractivity contribution < 1.29 is 5.11 Å². The monoisotopic (exact) mass is 257 g/mol. The molecule has 1 aliphatic carbocycles. The summed E-state index contributed by atoms with van der Waals surface area (Å²) in [6.45, 7) is 5.40. The van der Waals surface area contributed by atoms with Crippen LogP contribution in [-0.4, -0.2) is 41.5 Å². The number of aliphatic hydroxyl groups excluding tert-OH is 1. The standard InChI is InChI=1S/C14H27NOS/c1-12(16)13-5-8-15(9-13)10-14(11-17)6-3-2-4-7-14/h12-13,16-17H,2-11H2,1H3. The van der Waals surface area contributed by atoms with Crippen LogP contribution in [0.3, 0.4) is 0 Å². The summed E-state index contributed by atoms with van der Waals surface area (Å²) in [5, 5.41) is 9.66. The van der Waals surface area contributed by atoms with Gasteiger partial charge in [0, 0.05) is 13.1 Å². The third-order valence-corrected chi connectivity index (χ3v) is 5.47. The predicted molar refractivity (Wildman–Crippen MR) is 75.6 cm³/mol. The lowest BCUT2D eigenvalue weighted by molar-refractivity contribution is 0.110. The maximum absolute atomic E-state index is 9.66. The van der Waals surface area contributed by atoms with Crippen molar-refractivity contribution in [1.82, 2.24) is 4.90 Å². The molecule has 1 aliphatic heterocycles. The molecule has 1 heterocycles. The zero-order chi connectivity index (χ0) is 12.3. The van der Waals surface area contributed by atoms with E-state index in [4.69, 9.17) is 0 Å². The van der Waals surface area contributed by atoms with E-state index in [-0.39, 0.29) is 6.10 Å². The highest BCUT2D eigenvalue weighted by Gasteiger charge is 2.35. The minimum atomic E-state index is -0.140. The molecule has 2 rings (SSSR count). The summed E-state index contributed by atoms with van der Waals surface area (Å²) in [7, 11) is 0. The minimum absolute atomic E-state index is 0.140. The number of rotatable bonds is 4. The molecule has 0 aromatic carbocycles. The lowest BCUT2D eigenvalue weighted by Crippen LogP contribution is -2.40. The van der Waals surface area contributed by atoms with Crippen molar-refractivity contribution in [2.24, 2.45) is 11.3 Å². The zero-order valence-electron chi connectivity index (χ0n) is 11.1. The first-order chi connectivity index (χ1) is 8.15. The Balaban J connectivity index is 1.87. The van der Waals surface area contributed by atoms with Gasteiger partial charge in [0.05, 0.1) is 6.10 Å². The van der Waals surface area contributed by atoms with Crippen LogP contribution < -0.4 is 0 Å². The molecule has 2 fully saturated rings. The van der Waals surface area contributed by atoms with E-state index < -0.39 is 0 Å². The van der Waals surface area contributed by atoms with Crippen LogP contribution in [0.5, 0.6) is 0 Å². The van der Waals surface area contributed by atoms with Crippen LogP contribution in [0, 0.1) is 11.3 Å². The van der Waals surface area contributed by atoms with Crippen molar-refractivity contribution in [3.63, 3.8) is 0 Å². The lowest BCUT2D eigenvalue weighted by Gasteiger charge is -2.39. The molecular formula is C14H27NOS. The molecule has 17 heavy (non-hydrogen) atoms. The van der Waals surface area contributed by atoms with Crippen molar-refractivity contribution in [2.75, 3.05) is 25.4 Å². The normalized spacial score (nSPS) is 31.6. The van der Waals surface area contributed by atoms with Crippen LogP contribution in [-0.2, 0) is 0 Å². The fraction of sp³-hybridized carbons (Fsp3) is 1.00. The summed E-state index contributed by atoms with van der Waals surface area (Å²) in [4.78, 5) is 2.57. The summed E-state index contributed by atoms with van der Waals surface area (Å²) in [5.74, 6) is 1.53. The van der Waals surface area contributed by atoms with Gasteiger partial charge in [-0.1, -0.05) is 19.3 Å². The molecule has 0 spiro atoms. The van der Waals surface area contributed by atoms with Gasteiger partial charge >= 0.3 is 0 Å². The van der Waals surface area contributed by atoms with Gasteiger partial charge in [0.25, 0.3) is 0 Å². The Morgan fingerprint density at radius 3 is 2.59 bits per heavy atom. The van der Waals surface area contributed by atoms with Gasteiger partial charge in [-0.2, -0.15) is 12.6 Å². The van der Waals surface area contributed by atoms with Gasteiger partial charge in [0.1, 0.15) is 0 Å². The number of thiol groups is 1. The molecule has 0 radical (unpaired) electrons. The van der Waals surface area contributed by atoms with E-state index in [1.54, 1.807) is 0 Å². The molecule has 2 nitrogen and oxygen atoms in total. The van der Waals surface area contributed by atoms with Crippen LogP contribution in [0.1, 0.15) is 45.4 Å². The van der Waals surface area contributed by atoms with E-state index >= 15 is 0 Å². The number of hydrogen-bond donors (Lipinski definition) is 2. The molecule has 1 N–H and O–H groups in total. The molecule has 1 saturated carbocycles. The Morgan fingerprint density at radius 1 is 1.35 bits per heavy atom. The van der Waals surface area contributed by atoms with Crippen LogP contribution in [0.4, 0.5) is 0 Å². The molecule has 0 aromatic rings. The summed E-state index contributed by atoms with van der Waals surface area (Å²) in [6.07, 6.45) is 7.91. The van der Waals surface area contributed by atoms with Gasteiger partial charge in [-0.25, -0.2) is 0 Å². The van der Waals surface area contributed by atoms with E-state index in [2.05, 4.69) is 17.5 Å². The smallest absolute Gasteiger partial charge is 0.0552 e. The Hall–Kier alpha value is 0.270. The van der Waals surface area contributed by atoms with Gasteiger partial charge in [-0.15, -0.1) is 0 Å². The summed E-state index contributed by atoms with van der Waals surface area (Å²) >= 11 is 4.61. The third kappa shape index (κ3) is 3.39. The fourth-order valence-corrected chi connectivity index (χ4v) is 3.96. The highest BCUT2D eigenvalue weighted by molar-refractivity contribution is 7.80. The Kier molecular flexibility index (Phi) is 4.79.